The van der Waals surface area contributed by atoms with Gasteiger partial charge >= 0.3 is 0 Å². The number of amides is 1. The minimum Gasteiger partial charge on any atom is -0.756 e. The number of phosphoric acid groups is 1. The van der Waals surface area contributed by atoms with Gasteiger partial charge in [-0.25, -0.2) is 0 Å². The maximum absolute atomic E-state index is 13.1. The molecule has 0 aliphatic rings. The molecule has 0 aromatic heterocycles. The third-order valence-electron chi connectivity index (χ3n) is 18.1. The number of aliphatic hydroxyl groups is 1. The van der Waals surface area contributed by atoms with Crippen molar-refractivity contribution in [2.24, 2.45) is 0 Å². The minimum absolute atomic E-state index is 0.0110. The van der Waals surface area contributed by atoms with Crippen LogP contribution in [0.15, 0.2) is 97.2 Å². The van der Waals surface area contributed by atoms with Gasteiger partial charge in [0.2, 0.25) is 5.91 Å². The first kappa shape index (κ1) is 90.4. The van der Waals surface area contributed by atoms with E-state index in [0.717, 1.165) is 89.9 Å². The number of nitrogens with one attached hydrogen (secondary N) is 1. The Morgan fingerprint density at radius 1 is 0.387 bits per heavy atom. The Morgan fingerprint density at radius 3 is 0.957 bits per heavy atom. The normalized spacial score (nSPS) is 14.0. The van der Waals surface area contributed by atoms with Gasteiger partial charge in [0.15, 0.2) is 0 Å². The van der Waals surface area contributed by atoms with Gasteiger partial charge in [-0.15, -0.1) is 0 Å². The largest absolute Gasteiger partial charge is 0.756 e. The molecule has 0 aromatic rings. The highest BCUT2D eigenvalue weighted by molar-refractivity contribution is 7.45. The Kier molecular flexibility index (Phi) is 71.6. The number of allylic oxidation sites excluding steroid dienone is 16. The molecule has 3 unspecified atom stereocenters. The van der Waals surface area contributed by atoms with Crippen LogP contribution < -0.4 is 10.2 Å². The number of unbranched alkanes of at least 4 members (excludes halogenated alkanes) is 45. The van der Waals surface area contributed by atoms with Crippen molar-refractivity contribution in [3.63, 3.8) is 0 Å². The lowest BCUT2D eigenvalue weighted by atomic mass is 10.0. The molecule has 93 heavy (non-hydrogen) atoms. The maximum Gasteiger partial charge on any atom is 0.268 e. The first-order chi connectivity index (χ1) is 45.5. The summed E-state index contributed by atoms with van der Waals surface area (Å²) in [6, 6.07) is -0.807. The summed E-state index contributed by atoms with van der Waals surface area (Å²) < 4.78 is 23.6. The van der Waals surface area contributed by atoms with Crippen LogP contribution in [0.25, 0.3) is 0 Å². The molecule has 3 atom stereocenters. The molecule has 0 aliphatic carbocycles. The van der Waals surface area contributed by atoms with Gasteiger partial charge in [-0.3, -0.25) is 9.36 Å². The quantitative estimate of drug-likeness (QED) is 0.0272. The van der Waals surface area contributed by atoms with Crippen LogP contribution in [-0.2, 0) is 18.4 Å². The molecular weight excluding hydrogens is 1160 g/mol. The summed E-state index contributed by atoms with van der Waals surface area (Å²) in [4.78, 5) is 25.8. The zero-order valence-electron chi connectivity index (χ0n) is 62.2. The Morgan fingerprint density at radius 2 is 0.656 bits per heavy atom. The smallest absolute Gasteiger partial charge is 0.268 e. The van der Waals surface area contributed by atoms with Crippen LogP contribution in [0.2, 0.25) is 0 Å². The third-order valence-corrected chi connectivity index (χ3v) is 19.1. The lowest BCUT2D eigenvalue weighted by Gasteiger charge is -2.30. The monoisotopic (exact) mass is 1320 g/mol. The van der Waals surface area contributed by atoms with Gasteiger partial charge in [-0.05, 0) is 77.0 Å². The number of quaternary nitrogens is 1. The number of aliphatic hydroxyl groups excluding tert-OH is 1. The average Bonchev–Trinajstić information content (AvgIpc) is 2.75. The molecule has 0 spiro atoms. The molecule has 2 N–H and O–H groups in total. The van der Waals surface area contributed by atoms with Gasteiger partial charge in [0.1, 0.15) is 13.2 Å². The summed E-state index contributed by atoms with van der Waals surface area (Å²) in [5.41, 5.74) is 0. The number of phosphoric ester groups is 1. The number of hydrogen-bond donors (Lipinski definition) is 2. The molecule has 1 amide bonds. The molecule has 0 radical (unpaired) electrons. The summed E-state index contributed by atoms with van der Waals surface area (Å²) in [7, 11) is 1.31. The van der Waals surface area contributed by atoms with E-state index in [1.807, 2.05) is 21.1 Å². The van der Waals surface area contributed by atoms with Crippen molar-refractivity contribution in [1.82, 2.24) is 5.32 Å². The number of nitrogens with zero attached hydrogens (tertiary/aromatic N) is 1. The van der Waals surface area contributed by atoms with E-state index in [4.69, 9.17) is 9.05 Å². The number of rotatable bonds is 74. The second-order valence-corrected chi connectivity index (χ2v) is 29.8. The lowest BCUT2D eigenvalue weighted by molar-refractivity contribution is -0.870. The van der Waals surface area contributed by atoms with Crippen molar-refractivity contribution in [1.29, 1.82) is 0 Å². The van der Waals surface area contributed by atoms with Crippen molar-refractivity contribution in [3.05, 3.63) is 97.2 Å². The molecule has 8 nitrogen and oxygen atoms in total. The Balaban J connectivity index is 3.96. The van der Waals surface area contributed by atoms with E-state index < -0.39 is 20.0 Å². The van der Waals surface area contributed by atoms with Crippen molar-refractivity contribution < 1.29 is 32.9 Å². The molecule has 0 bridgehead atoms. The van der Waals surface area contributed by atoms with Crippen molar-refractivity contribution in [2.45, 2.75) is 392 Å². The van der Waals surface area contributed by atoms with Gasteiger partial charge in [0.05, 0.1) is 39.9 Å². The molecule has 0 saturated carbocycles. The predicted octanol–water partition coefficient (Wildman–Crippen LogP) is 25.8. The summed E-state index contributed by atoms with van der Waals surface area (Å²) in [5.74, 6) is -0.161. The number of carbonyl (C=O) groups excluding carboxylic acids is 1. The highest BCUT2D eigenvalue weighted by Gasteiger charge is 2.24. The lowest BCUT2D eigenvalue weighted by Crippen LogP contribution is -2.46. The highest BCUT2D eigenvalue weighted by atomic mass is 31.2. The zero-order valence-corrected chi connectivity index (χ0v) is 63.1. The van der Waals surface area contributed by atoms with E-state index in [-0.39, 0.29) is 19.1 Å². The molecule has 9 heteroatoms. The second kappa shape index (κ2) is 73.7. The fourth-order valence-corrected chi connectivity index (χ4v) is 12.7. The highest BCUT2D eigenvalue weighted by Crippen LogP contribution is 2.38. The van der Waals surface area contributed by atoms with Crippen LogP contribution in [0.3, 0.4) is 0 Å². The van der Waals surface area contributed by atoms with Gasteiger partial charge in [0, 0.05) is 6.42 Å². The summed E-state index contributed by atoms with van der Waals surface area (Å²) >= 11 is 0. The van der Waals surface area contributed by atoms with Crippen LogP contribution in [0.5, 0.6) is 0 Å². The van der Waals surface area contributed by atoms with E-state index in [1.165, 1.54) is 263 Å². The Labute approximate surface area is 579 Å². The maximum atomic E-state index is 13.1. The van der Waals surface area contributed by atoms with Crippen LogP contribution >= 0.6 is 7.82 Å². The molecule has 0 rings (SSSR count). The third kappa shape index (κ3) is 76.7. The zero-order chi connectivity index (χ0) is 67.6. The van der Waals surface area contributed by atoms with E-state index in [2.05, 4.69) is 116 Å². The molecule has 0 aromatic carbocycles. The average molecular weight is 1320 g/mol. The first-order valence-electron chi connectivity index (χ1n) is 40.1. The van der Waals surface area contributed by atoms with E-state index in [1.54, 1.807) is 0 Å². The number of likely N-dealkylation sites (N-methyl/N-ethyl adjacent to an activating group) is 1. The second-order valence-electron chi connectivity index (χ2n) is 28.4. The van der Waals surface area contributed by atoms with E-state index in [0.29, 0.717) is 23.9 Å². The molecule has 0 saturated heterocycles. The van der Waals surface area contributed by atoms with Crippen LogP contribution in [0, 0.1) is 0 Å². The van der Waals surface area contributed by atoms with Crippen molar-refractivity contribution >= 4 is 13.7 Å². The van der Waals surface area contributed by atoms with Crippen LogP contribution in [0.4, 0.5) is 0 Å². The Hall–Kier alpha value is -2.58. The molecule has 0 fully saturated rings. The summed E-state index contributed by atoms with van der Waals surface area (Å²) in [5, 5.41) is 14.1. The first-order valence-corrected chi connectivity index (χ1v) is 41.5. The van der Waals surface area contributed by atoms with E-state index in [9.17, 15) is 19.4 Å². The van der Waals surface area contributed by atoms with Gasteiger partial charge < -0.3 is 28.8 Å². The summed E-state index contributed by atoms with van der Waals surface area (Å²) in [6.07, 6.45) is 107. The topological polar surface area (TPSA) is 108 Å². The fourth-order valence-electron chi connectivity index (χ4n) is 11.9. The number of hydrogen-bond acceptors (Lipinski definition) is 6. The SMILES string of the molecule is CC/C=C\C/C=C\C/C=C\C/C=C\C/C=C\C/C=C\C/C=C\C/C=C\CCCCCCCCCCCCCCCCCCC(=O)NC(COP(=O)([O-])OCC[N+](C)(C)C)C(O)CCCCCCCCCCCCCCCCCCCCCCCCCCCCCCCC. The van der Waals surface area contributed by atoms with Crippen LogP contribution in [0.1, 0.15) is 380 Å². The molecule has 542 valence electrons. The van der Waals surface area contributed by atoms with Gasteiger partial charge in [0.25, 0.3) is 7.82 Å². The van der Waals surface area contributed by atoms with Gasteiger partial charge in [-0.2, -0.15) is 0 Å². The fraction of sp³-hybridized carbons (Fsp3) is 0.798. The summed E-state index contributed by atoms with van der Waals surface area (Å²) in [6.45, 7) is 4.65. The minimum atomic E-state index is -4.59. The molecule has 0 aliphatic heterocycles. The van der Waals surface area contributed by atoms with Gasteiger partial charge in [-0.1, -0.05) is 394 Å². The Bertz CT molecular complexity index is 1840. The number of carbonyl (C=O) groups is 1. The molecule has 0 heterocycles. The standard InChI is InChI=1S/C84H155N2O6P/c1-6-8-10-12-14-16-18-20-22-24-26-28-30-32-34-36-38-39-40-41-42-43-44-45-46-47-48-50-52-54-56-58-60-62-64-66-68-70-72-74-76-78-84(88)85-82(81-92-93(89,90)91-80-79-86(3,4)5)83(87)77-75-73-71-69-67-65-63-61-59-57-55-53-51-49-37-35-33-31-29-27-25-23-21-19-17-15-13-11-9-7-2/h8,10,14,16,20,22,26,28,32,34,38-39,41-42,44-45,82-83,87H,6-7,9,11-13,15,17-19,21,23-25,27,29-31,33,35-37,40,43,46-81H2,1-5H3,(H-,85,88,89,90)/b10-8-,16-14-,22-20-,28-26-,34-32-,39-38-,42-41-,45-44-. The van der Waals surface area contributed by atoms with Crippen LogP contribution in [-0.4, -0.2) is 68.5 Å². The van der Waals surface area contributed by atoms with Crippen molar-refractivity contribution in [3.8, 4) is 0 Å². The van der Waals surface area contributed by atoms with E-state index >= 15 is 0 Å². The molecular formula is C84H155N2O6P. The van der Waals surface area contributed by atoms with Crippen molar-refractivity contribution in [2.75, 3.05) is 40.9 Å². The predicted molar refractivity (Wildman–Crippen MR) is 408 cm³/mol.